The van der Waals surface area contributed by atoms with Crippen molar-refractivity contribution in [2.24, 2.45) is 0 Å². The highest BCUT2D eigenvalue weighted by molar-refractivity contribution is 4.96. The van der Waals surface area contributed by atoms with Crippen molar-refractivity contribution < 1.29 is 10.2 Å². The zero-order valence-corrected chi connectivity index (χ0v) is 6.61. The molecule has 0 aliphatic carbocycles. The summed E-state index contributed by atoms with van der Waals surface area (Å²) in [6.07, 6.45) is 3.01. The maximum atomic E-state index is 9.49. The van der Waals surface area contributed by atoms with Crippen LogP contribution in [-0.2, 0) is 0 Å². The predicted molar refractivity (Wildman–Crippen MR) is 41.2 cm³/mol. The molecule has 3 nitrogen and oxygen atoms in total. The lowest BCUT2D eigenvalue weighted by atomic mass is 10.1. The molecule has 2 heterocycles. The van der Waals surface area contributed by atoms with E-state index in [1.807, 2.05) is 0 Å². The average Bonchev–Trinajstić information content (AvgIpc) is 2.46. The summed E-state index contributed by atoms with van der Waals surface area (Å²) < 4.78 is 0. The van der Waals surface area contributed by atoms with Gasteiger partial charge in [0.2, 0.25) is 0 Å². The lowest BCUT2D eigenvalue weighted by molar-refractivity contribution is 0.0731. The molecule has 0 aromatic rings. The second-order valence-electron chi connectivity index (χ2n) is 3.59. The van der Waals surface area contributed by atoms with Gasteiger partial charge in [0.1, 0.15) is 0 Å². The molecule has 3 atom stereocenters. The molecule has 2 fully saturated rings. The first kappa shape index (κ1) is 7.53. The highest BCUT2D eigenvalue weighted by atomic mass is 16.3. The highest BCUT2D eigenvalue weighted by Crippen LogP contribution is 2.32. The Hall–Kier alpha value is -0.120. The molecule has 0 amide bonds. The van der Waals surface area contributed by atoms with Gasteiger partial charge in [-0.2, -0.15) is 0 Å². The number of aliphatic hydroxyl groups is 2. The molecular weight excluding hydrogens is 142 g/mol. The molecule has 2 N–H and O–H groups in total. The van der Waals surface area contributed by atoms with Crippen LogP contribution in [-0.4, -0.2) is 46.5 Å². The van der Waals surface area contributed by atoms with Crippen molar-refractivity contribution in [2.45, 2.75) is 37.5 Å². The molecule has 2 rings (SSSR count). The minimum Gasteiger partial charge on any atom is -0.395 e. The highest BCUT2D eigenvalue weighted by Gasteiger charge is 2.41. The number of hydrogen-bond acceptors (Lipinski definition) is 3. The number of fused-ring (bicyclic) bond motifs is 1. The molecule has 64 valence electrons. The third-order valence-electron chi connectivity index (χ3n) is 2.99. The molecule has 0 spiro atoms. The normalized spacial score (nSPS) is 44.7. The van der Waals surface area contributed by atoms with Gasteiger partial charge in [0.05, 0.1) is 18.8 Å². The zero-order chi connectivity index (χ0) is 7.84. The maximum absolute atomic E-state index is 9.49. The van der Waals surface area contributed by atoms with Gasteiger partial charge in [0.25, 0.3) is 0 Å². The van der Waals surface area contributed by atoms with Crippen LogP contribution < -0.4 is 0 Å². The van der Waals surface area contributed by atoms with E-state index in [1.54, 1.807) is 0 Å². The largest absolute Gasteiger partial charge is 0.395 e. The van der Waals surface area contributed by atoms with Crippen LogP contribution in [0.4, 0.5) is 0 Å². The van der Waals surface area contributed by atoms with E-state index in [1.165, 1.54) is 12.8 Å². The summed E-state index contributed by atoms with van der Waals surface area (Å²) in [6, 6.07) is 0.588. The summed E-state index contributed by atoms with van der Waals surface area (Å²) >= 11 is 0. The van der Waals surface area contributed by atoms with Gasteiger partial charge >= 0.3 is 0 Å². The van der Waals surface area contributed by atoms with Crippen molar-refractivity contribution in [2.75, 3.05) is 13.2 Å². The quantitative estimate of drug-likeness (QED) is 0.543. The van der Waals surface area contributed by atoms with Gasteiger partial charge in [-0.25, -0.2) is 0 Å². The summed E-state index contributed by atoms with van der Waals surface area (Å²) in [7, 11) is 0. The number of hydrogen-bond donors (Lipinski definition) is 2. The van der Waals surface area contributed by atoms with Gasteiger partial charge in [0.15, 0.2) is 0 Å². The van der Waals surface area contributed by atoms with Gasteiger partial charge in [-0.15, -0.1) is 0 Å². The third-order valence-corrected chi connectivity index (χ3v) is 2.99. The van der Waals surface area contributed by atoms with Gasteiger partial charge in [0, 0.05) is 6.04 Å². The SMILES string of the molecule is OCC1[C@@H](O)CC2CCCN21. The lowest BCUT2D eigenvalue weighted by Gasteiger charge is -2.22. The Kier molecular flexibility index (Phi) is 1.87. The van der Waals surface area contributed by atoms with Gasteiger partial charge in [-0.3, -0.25) is 4.90 Å². The average molecular weight is 157 g/mol. The second-order valence-corrected chi connectivity index (χ2v) is 3.59. The topological polar surface area (TPSA) is 43.7 Å². The Labute approximate surface area is 66.6 Å². The zero-order valence-electron chi connectivity index (χ0n) is 6.61. The van der Waals surface area contributed by atoms with Crippen LogP contribution in [0.1, 0.15) is 19.3 Å². The molecule has 2 unspecified atom stereocenters. The Bertz CT molecular complexity index is 151. The summed E-state index contributed by atoms with van der Waals surface area (Å²) in [5, 5.41) is 18.5. The molecule has 2 aliphatic heterocycles. The lowest BCUT2D eigenvalue weighted by Crippen LogP contribution is -2.38. The van der Waals surface area contributed by atoms with Crippen LogP contribution in [0, 0.1) is 0 Å². The van der Waals surface area contributed by atoms with Crippen LogP contribution in [0.5, 0.6) is 0 Å². The smallest absolute Gasteiger partial charge is 0.0732 e. The van der Waals surface area contributed by atoms with Crippen LogP contribution in [0.25, 0.3) is 0 Å². The standard InChI is InChI=1S/C8H15NO2/c10-5-7-8(11)4-6-2-1-3-9(6)7/h6-8,10-11H,1-5H2/t6?,7?,8-/m0/s1. The van der Waals surface area contributed by atoms with Crippen molar-refractivity contribution in [1.29, 1.82) is 0 Å². The minimum atomic E-state index is -0.287. The molecule has 0 bridgehead atoms. The molecule has 2 aliphatic rings. The third kappa shape index (κ3) is 1.08. The van der Waals surface area contributed by atoms with E-state index in [0.29, 0.717) is 6.04 Å². The van der Waals surface area contributed by atoms with Gasteiger partial charge in [-0.1, -0.05) is 0 Å². The monoisotopic (exact) mass is 157 g/mol. The molecule has 0 aromatic heterocycles. The Balaban J connectivity index is 2.07. The Morgan fingerprint density at radius 1 is 1.45 bits per heavy atom. The molecule has 2 saturated heterocycles. The van der Waals surface area contributed by atoms with Crippen molar-refractivity contribution in [3.63, 3.8) is 0 Å². The fourth-order valence-corrected chi connectivity index (χ4v) is 2.43. The minimum absolute atomic E-state index is 0.0301. The molecule has 3 heteroatoms. The van der Waals surface area contributed by atoms with Gasteiger partial charge < -0.3 is 10.2 Å². The molecular formula is C8H15NO2. The summed E-state index contributed by atoms with van der Waals surface area (Å²) in [6.45, 7) is 1.17. The van der Waals surface area contributed by atoms with E-state index in [9.17, 15) is 5.11 Å². The first-order valence-corrected chi connectivity index (χ1v) is 4.37. The fourth-order valence-electron chi connectivity index (χ4n) is 2.43. The number of nitrogens with zero attached hydrogens (tertiary/aromatic N) is 1. The summed E-state index contributed by atoms with van der Waals surface area (Å²) in [4.78, 5) is 2.25. The number of aliphatic hydroxyl groups excluding tert-OH is 2. The first-order chi connectivity index (χ1) is 5.33. The van der Waals surface area contributed by atoms with E-state index >= 15 is 0 Å². The molecule has 11 heavy (non-hydrogen) atoms. The number of rotatable bonds is 1. The van der Waals surface area contributed by atoms with Crippen molar-refractivity contribution in [3.05, 3.63) is 0 Å². The second kappa shape index (κ2) is 2.73. The van der Waals surface area contributed by atoms with E-state index in [0.717, 1.165) is 13.0 Å². The molecule has 0 radical (unpaired) electrons. The van der Waals surface area contributed by atoms with Crippen LogP contribution in [0.2, 0.25) is 0 Å². The van der Waals surface area contributed by atoms with Crippen LogP contribution >= 0.6 is 0 Å². The van der Waals surface area contributed by atoms with Crippen molar-refractivity contribution in [3.8, 4) is 0 Å². The van der Waals surface area contributed by atoms with Crippen LogP contribution in [0.15, 0.2) is 0 Å². The van der Waals surface area contributed by atoms with Crippen molar-refractivity contribution >= 4 is 0 Å². The summed E-state index contributed by atoms with van der Waals surface area (Å²) in [5.74, 6) is 0. The van der Waals surface area contributed by atoms with Crippen LogP contribution in [0.3, 0.4) is 0 Å². The maximum Gasteiger partial charge on any atom is 0.0732 e. The predicted octanol–water partition coefficient (Wildman–Crippen LogP) is -0.424. The van der Waals surface area contributed by atoms with E-state index in [4.69, 9.17) is 5.11 Å². The molecule has 0 saturated carbocycles. The van der Waals surface area contributed by atoms with E-state index in [2.05, 4.69) is 4.90 Å². The Morgan fingerprint density at radius 3 is 3.00 bits per heavy atom. The van der Waals surface area contributed by atoms with Gasteiger partial charge in [-0.05, 0) is 25.8 Å². The molecule has 0 aromatic carbocycles. The Morgan fingerprint density at radius 2 is 2.27 bits per heavy atom. The van der Waals surface area contributed by atoms with E-state index in [-0.39, 0.29) is 18.8 Å². The first-order valence-electron chi connectivity index (χ1n) is 4.37. The van der Waals surface area contributed by atoms with Crippen molar-refractivity contribution in [1.82, 2.24) is 4.90 Å². The van der Waals surface area contributed by atoms with E-state index < -0.39 is 0 Å². The fraction of sp³-hybridized carbons (Fsp3) is 1.00. The summed E-state index contributed by atoms with van der Waals surface area (Å²) in [5.41, 5.74) is 0.